The number of halogens is 4. The Morgan fingerprint density at radius 1 is 1.20 bits per heavy atom. The summed E-state index contributed by atoms with van der Waals surface area (Å²) in [6.45, 7) is 10.8. The molecule has 172 valence electrons. The number of nitrogens with one attached hydrogen (secondary N) is 2. The third kappa shape index (κ3) is 9.38. The molecule has 0 spiro atoms. The van der Waals surface area contributed by atoms with E-state index in [1.807, 2.05) is 19.1 Å². The van der Waals surface area contributed by atoms with Gasteiger partial charge in [-0.15, -0.1) is 24.0 Å². The Labute approximate surface area is 194 Å². The average Bonchev–Trinajstić information content (AvgIpc) is 3.01. The highest BCUT2D eigenvalue weighted by atomic mass is 127. The van der Waals surface area contributed by atoms with Crippen LogP contribution in [0.3, 0.4) is 0 Å². The summed E-state index contributed by atoms with van der Waals surface area (Å²) in [5.41, 5.74) is 1.70. The maximum Gasteiger partial charge on any atom is 0.411 e. The van der Waals surface area contributed by atoms with Crippen molar-refractivity contribution in [3.05, 3.63) is 35.4 Å². The smallest absolute Gasteiger partial charge is 0.367 e. The standard InChI is InChI=1S/C21H33F3N4O.HI/c1-5-25-20(27-19-12-28(15(2)3)11-16(19)4)26-10-17-6-8-18(9-7-17)13-29-14-21(22,23)24;/h6-9,15-16,19H,5,10-14H2,1-4H3,(H2,25,26,27);1H. The number of hydrogen-bond acceptors (Lipinski definition) is 3. The molecule has 30 heavy (non-hydrogen) atoms. The van der Waals surface area contributed by atoms with E-state index in [1.165, 1.54) is 0 Å². The highest BCUT2D eigenvalue weighted by Gasteiger charge is 2.31. The van der Waals surface area contributed by atoms with Gasteiger partial charge in [0.1, 0.15) is 6.61 Å². The number of benzene rings is 1. The van der Waals surface area contributed by atoms with Crippen LogP contribution in [0.25, 0.3) is 0 Å². The number of rotatable bonds is 8. The van der Waals surface area contributed by atoms with E-state index in [-0.39, 0.29) is 30.6 Å². The molecule has 0 bridgehead atoms. The van der Waals surface area contributed by atoms with Gasteiger partial charge in [0, 0.05) is 31.7 Å². The summed E-state index contributed by atoms with van der Waals surface area (Å²) < 4.78 is 41.1. The predicted octanol–water partition coefficient (Wildman–Crippen LogP) is 4.17. The van der Waals surface area contributed by atoms with Crippen LogP contribution in [0.15, 0.2) is 29.3 Å². The SMILES string of the molecule is CCNC(=NCc1ccc(COCC(F)(F)F)cc1)NC1CN(C(C)C)CC1C.I. The first-order chi connectivity index (χ1) is 13.7. The second-order valence-electron chi connectivity index (χ2n) is 7.90. The van der Waals surface area contributed by atoms with Crippen molar-refractivity contribution < 1.29 is 17.9 Å². The van der Waals surface area contributed by atoms with Crippen molar-refractivity contribution in [3.8, 4) is 0 Å². The molecule has 2 unspecified atom stereocenters. The molecule has 1 fully saturated rings. The van der Waals surface area contributed by atoms with E-state index >= 15 is 0 Å². The Bertz CT molecular complexity index is 653. The largest absolute Gasteiger partial charge is 0.411 e. The van der Waals surface area contributed by atoms with E-state index in [9.17, 15) is 13.2 Å². The summed E-state index contributed by atoms with van der Waals surface area (Å²) in [6, 6.07) is 8.18. The fraction of sp³-hybridized carbons (Fsp3) is 0.667. The molecule has 2 atom stereocenters. The molecular formula is C21H34F3IN4O. The molecule has 0 radical (unpaired) electrons. The summed E-state index contributed by atoms with van der Waals surface area (Å²) >= 11 is 0. The molecule has 9 heteroatoms. The summed E-state index contributed by atoms with van der Waals surface area (Å²) in [6.07, 6.45) is -4.30. The third-order valence-electron chi connectivity index (χ3n) is 5.01. The second-order valence-corrected chi connectivity index (χ2v) is 7.90. The monoisotopic (exact) mass is 542 g/mol. The van der Waals surface area contributed by atoms with Crippen LogP contribution in [-0.4, -0.2) is 55.4 Å². The average molecular weight is 542 g/mol. The number of likely N-dealkylation sites (tertiary alicyclic amines) is 1. The van der Waals surface area contributed by atoms with Crippen molar-refractivity contribution in [1.82, 2.24) is 15.5 Å². The minimum absolute atomic E-state index is 0. The molecule has 0 saturated carbocycles. The van der Waals surface area contributed by atoms with E-state index in [0.717, 1.165) is 31.2 Å². The molecule has 1 aromatic carbocycles. The van der Waals surface area contributed by atoms with Crippen LogP contribution >= 0.6 is 24.0 Å². The number of hydrogen-bond donors (Lipinski definition) is 2. The van der Waals surface area contributed by atoms with Crippen LogP contribution in [-0.2, 0) is 17.9 Å². The molecule has 1 heterocycles. The highest BCUT2D eigenvalue weighted by Crippen LogP contribution is 2.19. The minimum atomic E-state index is -4.30. The zero-order valence-corrected chi connectivity index (χ0v) is 20.5. The van der Waals surface area contributed by atoms with Gasteiger partial charge in [0.2, 0.25) is 0 Å². The van der Waals surface area contributed by atoms with Gasteiger partial charge in [-0.05, 0) is 37.8 Å². The summed E-state index contributed by atoms with van der Waals surface area (Å²) in [7, 11) is 0. The van der Waals surface area contributed by atoms with E-state index < -0.39 is 12.8 Å². The Morgan fingerprint density at radius 3 is 2.37 bits per heavy atom. The van der Waals surface area contributed by atoms with Crippen LogP contribution in [0, 0.1) is 5.92 Å². The third-order valence-corrected chi connectivity index (χ3v) is 5.01. The molecule has 0 aliphatic carbocycles. The quantitative estimate of drug-likeness (QED) is 0.294. The van der Waals surface area contributed by atoms with Crippen molar-refractivity contribution in [2.24, 2.45) is 10.9 Å². The molecule has 1 aliphatic rings. The Hall–Kier alpha value is -1.07. The Balaban J connectivity index is 0.00000450. The van der Waals surface area contributed by atoms with E-state index in [2.05, 4.69) is 46.0 Å². The van der Waals surface area contributed by atoms with Gasteiger partial charge in [-0.3, -0.25) is 4.90 Å². The maximum absolute atomic E-state index is 12.1. The zero-order valence-electron chi connectivity index (χ0n) is 18.1. The number of ether oxygens (including phenoxy) is 1. The lowest BCUT2D eigenvalue weighted by Gasteiger charge is -2.22. The molecule has 0 amide bonds. The van der Waals surface area contributed by atoms with Crippen molar-refractivity contribution in [1.29, 1.82) is 0 Å². The minimum Gasteiger partial charge on any atom is -0.367 e. The molecule has 0 aromatic heterocycles. The van der Waals surface area contributed by atoms with Crippen molar-refractivity contribution in [3.63, 3.8) is 0 Å². The normalized spacial score (nSPS) is 20.3. The first-order valence-corrected chi connectivity index (χ1v) is 10.2. The van der Waals surface area contributed by atoms with E-state index in [4.69, 9.17) is 0 Å². The van der Waals surface area contributed by atoms with Crippen molar-refractivity contribution >= 4 is 29.9 Å². The zero-order chi connectivity index (χ0) is 21.4. The number of guanidine groups is 1. The topological polar surface area (TPSA) is 48.9 Å². The van der Waals surface area contributed by atoms with E-state index in [1.54, 1.807) is 12.1 Å². The van der Waals surface area contributed by atoms with Gasteiger partial charge < -0.3 is 15.4 Å². The lowest BCUT2D eigenvalue weighted by molar-refractivity contribution is -0.176. The number of aliphatic imine (C=N–C) groups is 1. The van der Waals surface area contributed by atoms with Gasteiger partial charge in [-0.2, -0.15) is 13.2 Å². The van der Waals surface area contributed by atoms with Gasteiger partial charge in [-0.1, -0.05) is 31.2 Å². The van der Waals surface area contributed by atoms with Crippen LogP contribution in [0.2, 0.25) is 0 Å². The second kappa shape index (κ2) is 12.7. The Morgan fingerprint density at radius 2 is 1.83 bits per heavy atom. The Kier molecular flexibility index (Phi) is 11.4. The predicted molar refractivity (Wildman–Crippen MR) is 125 cm³/mol. The van der Waals surface area contributed by atoms with Gasteiger partial charge >= 0.3 is 6.18 Å². The van der Waals surface area contributed by atoms with Crippen molar-refractivity contribution in [2.75, 3.05) is 26.2 Å². The fourth-order valence-corrected chi connectivity index (χ4v) is 3.31. The lowest BCUT2D eigenvalue weighted by Crippen LogP contribution is -2.46. The maximum atomic E-state index is 12.1. The molecular weight excluding hydrogens is 508 g/mol. The summed E-state index contributed by atoms with van der Waals surface area (Å²) in [5.74, 6) is 1.32. The van der Waals surface area contributed by atoms with E-state index in [0.29, 0.717) is 30.1 Å². The molecule has 2 rings (SSSR count). The number of alkyl halides is 3. The molecule has 5 nitrogen and oxygen atoms in total. The van der Waals surface area contributed by atoms with Crippen LogP contribution in [0.5, 0.6) is 0 Å². The number of nitrogens with zero attached hydrogens (tertiary/aromatic N) is 2. The van der Waals surface area contributed by atoms with Crippen molar-refractivity contribution in [2.45, 2.75) is 59.1 Å². The van der Waals surface area contributed by atoms with Gasteiger partial charge in [0.15, 0.2) is 5.96 Å². The van der Waals surface area contributed by atoms with Crippen LogP contribution in [0.4, 0.5) is 13.2 Å². The molecule has 1 aromatic rings. The van der Waals surface area contributed by atoms with Crippen LogP contribution in [0.1, 0.15) is 38.8 Å². The summed E-state index contributed by atoms with van der Waals surface area (Å²) in [5, 5.41) is 6.84. The summed E-state index contributed by atoms with van der Waals surface area (Å²) in [4.78, 5) is 7.14. The van der Waals surface area contributed by atoms with Gasteiger partial charge in [-0.25, -0.2) is 4.99 Å². The first kappa shape index (κ1) is 27.0. The van der Waals surface area contributed by atoms with Crippen LogP contribution < -0.4 is 10.6 Å². The molecule has 2 N–H and O–H groups in total. The van der Waals surface area contributed by atoms with Gasteiger partial charge in [0.05, 0.1) is 13.2 Å². The molecule has 1 saturated heterocycles. The first-order valence-electron chi connectivity index (χ1n) is 10.2. The lowest BCUT2D eigenvalue weighted by atomic mass is 10.1. The highest BCUT2D eigenvalue weighted by molar-refractivity contribution is 14.0. The van der Waals surface area contributed by atoms with Gasteiger partial charge in [0.25, 0.3) is 0 Å². The molecule has 1 aliphatic heterocycles. The fourth-order valence-electron chi connectivity index (χ4n) is 3.31.